The number of pyridine rings is 1. The number of ether oxygens (including phenoxy) is 1. The monoisotopic (exact) mass is 291 g/mol. The average Bonchev–Trinajstić information content (AvgIpc) is 2.55. The summed E-state index contributed by atoms with van der Waals surface area (Å²) < 4.78 is 5.49. The van der Waals surface area contributed by atoms with E-state index in [0.29, 0.717) is 0 Å². The van der Waals surface area contributed by atoms with Gasteiger partial charge in [-0.3, -0.25) is 0 Å². The third-order valence-electron chi connectivity index (χ3n) is 4.04. The summed E-state index contributed by atoms with van der Waals surface area (Å²) in [5.41, 5.74) is 6.01. The van der Waals surface area contributed by atoms with E-state index in [0.717, 1.165) is 29.8 Å². The number of rotatable bonds is 4. The Morgan fingerprint density at radius 1 is 0.955 bits per heavy atom. The maximum absolute atomic E-state index is 5.49. The van der Waals surface area contributed by atoms with Gasteiger partial charge in [0.1, 0.15) is 0 Å². The van der Waals surface area contributed by atoms with Gasteiger partial charge in [-0.15, -0.1) is 0 Å². The molecule has 2 aromatic carbocycles. The molecule has 0 bridgehead atoms. The molecule has 0 saturated carbocycles. The molecule has 0 N–H and O–H groups in total. The van der Waals surface area contributed by atoms with Gasteiger partial charge in [0, 0.05) is 17.4 Å². The van der Waals surface area contributed by atoms with Gasteiger partial charge in [0.25, 0.3) is 0 Å². The van der Waals surface area contributed by atoms with Crippen molar-refractivity contribution in [1.82, 2.24) is 4.98 Å². The smallest absolute Gasteiger partial charge is 0.217 e. The summed E-state index contributed by atoms with van der Waals surface area (Å²) in [5, 5.41) is 1.18. The first-order chi connectivity index (χ1) is 10.7. The zero-order chi connectivity index (χ0) is 15.5. The van der Waals surface area contributed by atoms with Crippen molar-refractivity contribution in [3.8, 4) is 5.88 Å². The number of benzene rings is 2. The van der Waals surface area contributed by atoms with E-state index in [1.54, 1.807) is 7.11 Å². The van der Waals surface area contributed by atoms with Crippen molar-refractivity contribution in [3.05, 3.63) is 70.8 Å². The number of fused-ring (bicyclic) bond motifs is 1. The van der Waals surface area contributed by atoms with Crippen LogP contribution in [0.4, 0.5) is 0 Å². The minimum atomic E-state index is 0.720. The summed E-state index contributed by atoms with van der Waals surface area (Å²) in [6.07, 6.45) is 1.87. The second-order valence-electron chi connectivity index (χ2n) is 5.70. The molecule has 112 valence electrons. The predicted molar refractivity (Wildman–Crippen MR) is 91.7 cm³/mol. The van der Waals surface area contributed by atoms with E-state index in [9.17, 15) is 0 Å². The van der Waals surface area contributed by atoms with Gasteiger partial charge in [0.2, 0.25) is 5.88 Å². The fourth-order valence-electron chi connectivity index (χ4n) is 2.70. The normalized spacial score (nSPS) is 10.9. The van der Waals surface area contributed by atoms with Gasteiger partial charge in [-0.05, 0) is 42.7 Å². The summed E-state index contributed by atoms with van der Waals surface area (Å²) >= 11 is 0. The molecule has 0 unspecified atom stereocenters. The molecular formula is C20H21NO. The van der Waals surface area contributed by atoms with Crippen molar-refractivity contribution in [2.24, 2.45) is 0 Å². The molecule has 0 radical (unpaired) electrons. The lowest BCUT2D eigenvalue weighted by Gasteiger charge is -2.10. The molecule has 2 heteroatoms. The molecule has 0 spiro atoms. The highest BCUT2D eigenvalue weighted by Gasteiger charge is 2.09. The Hall–Kier alpha value is -2.35. The minimum Gasteiger partial charge on any atom is -0.481 e. The Labute approximate surface area is 131 Å². The van der Waals surface area contributed by atoms with Crippen molar-refractivity contribution < 1.29 is 4.74 Å². The second-order valence-corrected chi connectivity index (χ2v) is 5.70. The molecule has 0 aliphatic rings. The lowest BCUT2D eigenvalue weighted by Crippen LogP contribution is -1.98. The Balaban J connectivity index is 2.04. The maximum atomic E-state index is 5.49. The van der Waals surface area contributed by atoms with Gasteiger partial charge in [0.15, 0.2) is 0 Å². The highest BCUT2D eigenvalue weighted by molar-refractivity contribution is 5.81. The van der Waals surface area contributed by atoms with Crippen LogP contribution in [0, 0.1) is 6.92 Å². The third-order valence-corrected chi connectivity index (χ3v) is 4.04. The van der Waals surface area contributed by atoms with Crippen LogP contribution in [-0.4, -0.2) is 12.1 Å². The molecule has 22 heavy (non-hydrogen) atoms. The van der Waals surface area contributed by atoms with E-state index in [-0.39, 0.29) is 0 Å². The SMILES string of the molecule is CCc1ccc2nc(OC)c(Cc3ccc(C)cc3)cc2c1. The quantitative estimate of drug-likeness (QED) is 0.695. The van der Waals surface area contributed by atoms with Crippen molar-refractivity contribution in [2.45, 2.75) is 26.7 Å². The first-order valence-corrected chi connectivity index (χ1v) is 7.71. The lowest BCUT2D eigenvalue weighted by molar-refractivity contribution is 0.395. The van der Waals surface area contributed by atoms with Crippen LogP contribution < -0.4 is 4.74 Å². The predicted octanol–water partition coefficient (Wildman–Crippen LogP) is 4.71. The Bertz CT molecular complexity index is 791. The van der Waals surface area contributed by atoms with E-state index in [1.165, 1.54) is 22.1 Å². The van der Waals surface area contributed by atoms with Crippen LogP contribution in [0.25, 0.3) is 10.9 Å². The summed E-state index contributed by atoms with van der Waals surface area (Å²) in [7, 11) is 1.69. The van der Waals surface area contributed by atoms with Crippen LogP contribution in [0.2, 0.25) is 0 Å². The standard InChI is InChI=1S/C20H21NO/c1-4-15-9-10-19-17(11-15)13-18(20(21-19)22-3)12-16-7-5-14(2)6-8-16/h5-11,13H,4,12H2,1-3H3. The molecule has 3 aromatic rings. The first-order valence-electron chi connectivity index (χ1n) is 7.71. The Morgan fingerprint density at radius 2 is 1.68 bits per heavy atom. The lowest BCUT2D eigenvalue weighted by atomic mass is 10.0. The largest absolute Gasteiger partial charge is 0.481 e. The molecule has 1 heterocycles. The highest BCUT2D eigenvalue weighted by atomic mass is 16.5. The molecular weight excluding hydrogens is 270 g/mol. The highest BCUT2D eigenvalue weighted by Crippen LogP contribution is 2.25. The van der Waals surface area contributed by atoms with E-state index in [1.807, 2.05) is 0 Å². The van der Waals surface area contributed by atoms with E-state index in [4.69, 9.17) is 4.74 Å². The minimum absolute atomic E-state index is 0.720. The van der Waals surface area contributed by atoms with Crippen LogP contribution in [0.15, 0.2) is 48.5 Å². The fourth-order valence-corrected chi connectivity index (χ4v) is 2.70. The van der Waals surface area contributed by atoms with Crippen LogP contribution in [-0.2, 0) is 12.8 Å². The number of hydrogen-bond acceptors (Lipinski definition) is 2. The topological polar surface area (TPSA) is 22.1 Å². The summed E-state index contributed by atoms with van der Waals surface area (Å²) in [6, 6.07) is 17.3. The number of nitrogens with zero attached hydrogens (tertiary/aromatic N) is 1. The Morgan fingerprint density at radius 3 is 2.36 bits per heavy atom. The molecule has 0 aliphatic heterocycles. The molecule has 0 atom stereocenters. The van der Waals surface area contributed by atoms with E-state index < -0.39 is 0 Å². The van der Waals surface area contributed by atoms with E-state index >= 15 is 0 Å². The zero-order valence-corrected chi connectivity index (χ0v) is 13.4. The number of aryl methyl sites for hydroxylation is 2. The number of hydrogen-bond donors (Lipinski definition) is 0. The molecule has 2 nitrogen and oxygen atoms in total. The van der Waals surface area contributed by atoms with Crippen molar-refractivity contribution >= 4 is 10.9 Å². The average molecular weight is 291 g/mol. The van der Waals surface area contributed by atoms with Gasteiger partial charge in [0.05, 0.1) is 12.6 Å². The molecule has 0 fully saturated rings. The van der Waals surface area contributed by atoms with Crippen molar-refractivity contribution in [3.63, 3.8) is 0 Å². The summed E-state index contributed by atoms with van der Waals surface area (Å²) in [6.45, 7) is 4.28. The van der Waals surface area contributed by atoms with Crippen LogP contribution in [0.3, 0.4) is 0 Å². The number of aromatic nitrogens is 1. The van der Waals surface area contributed by atoms with Gasteiger partial charge in [-0.2, -0.15) is 0 Å². The van der Waals surface area contributed by atoms with Gasteiger partial charge in [-0.25, -0.2) is 4.98 Å². The molecule has 0 amide bonds. The van der Waals surface area contributed by atoms with Gasteiger partial charge >= 0.3 is 0 Å². The van der Waals surface area contributed by atoms with Crippen LogP contribution in [0.5, 0.6) is 5.88 Å². The van der Waals surface area contributed by atoms with Gasteiger partial charge in [-0.1, -0.05) is 42.8 Å². The van der Waals surface area contributed by atoms with Gasteiger partial charge < -0.3 is 4.74 Å². The Kier molecular flexibility index (Phi) is 4.10. The third kappa shape index (κ3) is 2.96. The molecule has 3 rings (SSSR count). The van der Waals surface area contributed by atoms with E-state index in [2.05, 4.69) is 67.4 Å². The maximum Gasteiger partial charge on any atom is 0.217 e. The molecule has 0 aliphatic carbocycles. The number of methoxy groups -OCH3 is 1. The molecule has 1 aromatic heterocycles. The fraction of sp³-hybridized carbons (Fsp3) is 0.250. The summed E-state index contributed by atoms with van der Waals surface area (Å²) in [4.78, 5) is 4.66. The van der Waals surface area contributed by atoms with Crippen LogP contribution in [0.1, 0.15) is 29.2 Å². The first kappa shape index (κ1) is 14.6. The van der Waals surface area contributed by atoms with Crippen molar-refractivity contribution in [2.75, 3.05) is 7.11 Å². The summed E-state index contributed by atoms with van der Waals surface area (Å²) in [5.74, 6) is 0.720. The van der Waals surface area contributed by atoms with Crippen LogP contribution >= 0.6 is 0 Å². The zero-order valence-electron chi connectivity index (χ0n) is 13.4. The second kappa shape index (κ2) is 6.18. The molecule has 0 saturated heterocycles. The van der Waals surface area contributed by atoms with Crippen molar-refractivity contribution in [1.29, 1.82) is 0 Å².